The van der Waals surface area contributed by atoms with Crippen molar-refractivity contribution < 1.29 is 14.3 Å². The van der Waals surface area contributed by atoms with Crippen LogP contribution in [0.2, 0.25) is 5.02 Å². The van der Waals surface area contributed by atoms with Crippen molar-refractivity contribution in [3.8, 4) is 0 Å². The standard InChI is InChI=1S/C15H17ClN2O3S/c1-9-12(14(19)21-8-7-20-2)13(18-15(22)17-9)10-3-5-11(16)6-4-10/h3-6,13H,7-8H2,1-2H3,(H2,17,18,22). The lowest BCUT2D eigenvalue weighted by atomic mass is 9.96. The summed E-state index contributed by atoms with van der Waals surface area (Å²) in [5.41, 5.74) is 2.05. The molecule has 1 heterocycles. The quantitative estimate of drug-likeness (QED) is 0.487. The zero-order chi connectivity index (χ0) is 16.1. The maximum Gasteiger partial charge on any atom is 0.338 e. The van der Waals surface area contributed by atoms with Gasteiger partial charge in [0.1, 0.15) is 6.61 Å². The van der Waals surface area contributed by atoms with Gasteiger partial charge in [0.25, 0.3) is 0 Å². The fraction of sp³-hybridized carbons (Fsp3) is 0.333. The number of hydrogen-bond donors (Lipinski definition) is 2. The molecule has 0 aromatic heterocycles. The Labute approximate surface area is 139 Å². The third-order valence-electron chi connectivity index (χ3n) is 3.21. The van der Waals surface area contributed by atoms with E-state index in [2.05, 4.69) is 10.6 Å². The maximum absolute atomic E-state index is 12.4. The zero-order valence-corrected chi connectivity index (χ0v) is 13.9. The van der Waals surface area contributed by atoms with Gasteiger partial charge in [-0.25, -0.2) is 4.79 Å². The predicted molar refractivity (Wildman–Crippen MR) is 88.6 cm³/mol. The lowest BCUT2D eigenvalue weighted by molar-refractivity contribution is -0.140. The van der Waals surface area contributed by atoms with Crippen LogP contribution in [0.3, 0.4) is 0 Å². The smallest absolute Gasteiger partial charge is 0.338 e. The molecule has 0 amide bonds. The summed E-state index contributed by atoms with van der Waals surface area (Å²) in [7, 11) is 1.55. The van der Waals surface area contributed by atoms with Crippen LogP contribution in [0, 0.1) is 0 Å². The number of benzene rings is 1. The van der Waals surface area contributed by atoms with Crippen LogP contribution >= 0.6 is 23.8 Å². The molecule has 1 aromatic carbocycles. The fourth-order valence-electron chi connectivity index (χ4n) is 2.17. The number of ether oxygens (including phenoxy) is 2. The molecule has 1 aliphatic heterocycles. The first kappa shape index (κ1) is 16.7. The molecule has 2 rings (SSSR count). The minimum absolute atomic E-state index is 0.198. The van der Waals surface area contributed by atoms with Crippen LogP contribution in [0.1, 0.15) is 18.5 Å². The first-order valence-electron chi connectivity index (χ1n) is 6.72. The van der Waals surface area contributed by atoms with Crippen LogP contribution < -0.4 is 10.6 Å². The second-order valence-corrected chi connectivity index (χ2v) is 5.60. The SMILES string of the molecule is COCCOC(=O)C1=C(C)NC(=S)NC1c1ccc(Cl)cc1. The van der Waals surface area contributed by atoms with E-state index in [-0.39, 0.29) is 12.6 Å². The summed E-state index contributed by atoms with van der Waals surface area (Å²) < 4.78 is 10.1. The van der Waals surface area contributed by atoms with Gasteiger partial charge in [-0.3, -0.25) is 0 Å². The van der Waals surface area contributed by atoms with Gasteiger partial charge in [0, 0.05) is 17.8 Å². The second kappa shape index (κ2) is 7.58. The summed E-state index contributed by atoms with van der Waals surface area (Å²) in [6, 6.07) is 6.87. The minimum Gasteiger partial charge on any atom is -0.460 e. The number of hydrogen-bond acceptors (Lipinski definition) is 4. The van der Waals surface area contributed by atoms with E-state index in [1.54, 1.807) is 26.2 Å². The maximum atomic E-state index is 12.4. The van der Waals surface area contributed by atoms with Crippen molar-refractivity contribution in [2.45, 2.75) is 13.0 Å². The summed E-state index contributed by atoms with van der Waals surface area (Å²) in [6.07, 6.45) is 0. The lowest BCUT2D eigenvalue weighted by Crippen LogP contribution is -2.45. The highest BCUT2D eigenvalue weighted by molar-refractivity contribution is 7.80. The van der Waals surface area contributed by atoms with Crippen LogP contribution in [0.25, 0.3) is 0 Å². The predicted octanol–water partition coefficient (Wildman–Crippen LogP) is 2.32. The van der Waals surface area contributed by atoms with Gasteiger partial charge in [0.05, 0.1) is 18.2 Å². The average molecular weight is 341 g/mol. The van der Waals surface area contributed by atoms with Crippen molar-refractivity contribution >= 4 is 34.9 Å². The summed E-state index contributed by atoms with van der Waals surface area (Å²) in [5.74, 6) is -0.406. The van der Waals surface area contributed by atoms with E-state index in [0.29, 0.717) is 28.0 Å². The van der Waals surface area contributed by atoms with Gasteiger partial charge in [0.15, 0.2) is 5.11 Å². The molecule has 0 saturated carbocycles. The normalized spacial score (nSPS) is 17.8. The monoisotopic (exact) mass is 340 g/mol. The zero-order valence-electron chi connectivity index (χ0n) is 12.3. The molecule has 1 aromatic rings. The Hall–Kier alpha value is -1.63. The first-order valence-corrected chi connectivity index (χ1v) is 7.51. The van der Waals surface area contributed by atoms with Crippen molar-refractivity contribution in [3.63, 3.8) is 0 Å². The molecule has 1 unspecified atom stereocenters. The molecule has 0 aliphatic carbocycles. The van der Waals surface area contributed by atoms with Gasteiger partial charge in [0.2, 0.25) is 0 Å². The number of thiocarbonyl (C=S) groups is 1. The van der Waals surface area contributed by atoms with Gasteiger partial charge in [-0.15, -0.1) is 0 Å². The number of carbonyl (C=O) groups excluding carboxylic acids is 1. The Kier molecular flexibility index (Phi) is 5.76. The molecule has 1 aliphatic rings. The Bertz CT molecular complexity index is 601. The molecule has 2 N–H and O–H groups in total. The molecule has 0 bridgehead atoms. The van der Waals surface area contributed by atoms with Crippen molar-refractivity contribution in [3.05, 3.63) is 46.1 Å². The third-order valence-corrected chi connectivity index (χ3v) is 3.68. The highest BCUT2D eigenvalue weighted by Gasteiger charge is 2.30. The van der Waals surface area contributed by atoms with Gasteiger partial charge in [-0.05, 0) is 36.8 Å². The molecule has 0 fully saturated rings. The lowest BCUT2D eigenvalue weighted by Gasteiger charge is -2.29. The average Bonchev–Trinajstić information content (AvgIpc) is 2.47. The summed E-state index contributed by atoms with van der Waals surface area (Å²) in [5, 5.41) is 7.14. The van der Waals surface area contributed by atoms with E-state index < -0.39 is 5.97 Å². The summed E-state index contributed by atoms with van der Waals surface area (Å²) in [6.45, 7) is 2.34. The number of allylic oxidation sites excluding steroid dienone is 1. The Morgan fingerprint density at radius 1 is 1.32 bits per heavy atom. The number of halogens is 1. The molecular weight excluding hydrogens is 324 g/mol. The van der Waals surface area contributed by atoms with E-state index in [4.69, 9.17) is 33.3 Å². The highest BCUT2D eigenvalue weighted by Crippen LogP contribution is 2.28. The molecule has 5 nitrogen and oxygen atoms in total. The van der Waals surface area contributed by atoms with Gasteiger partial charge in [-0.1, -0.05) is 23.7 Å². The minimum atomic E-state index is -0.406. The summed E-state index contributed by atoms with van der Waals surface area (Å²) >= 11 is 11.1. The van der Waals surface area contributed by atoms with Gasteiger partial charge < -0.3 is 20.1 Å². The van der Waals surface area contributed by atoms with Crippen molar-refractivity contribution in [2.75, 3.05) is 20.3 Å². The number of methoxy groups -OCH3 is 1. The largest absolute Gasteiger partial charge is 0.460 e. The fourth-order valence-corrected chi connectivity index (χ4v) is 2.56. The van der Waals surface area contributed by atoms with E-state index in [0.717, 1.165) is 5.56 Å². The Balaban J connectivity index is 2.28. The highest BCUT2D eigenvalue weighted by atomic mass is 35.5. The van der Waals surface area contributed by atoms with Gasteiger partial charge >= 0.3 is 5.97 Å². The molecule has 1 atom stereocenters. The van der Waals surface area contributed by atoms with Crippen LogP contribution in [0.4, 0.5) is 0 Å². The number of carbonyl (C=O) groups is 1. The molecule has 0 spiro atoms. The van der Waals surface area contributed by atoms with Crippen LogP contribution in [0.5, 0.6) is 0 Å². The molecular formula is C15H17ClN2O3S. The van der Waals surface area contributed by atoms with Crippen LogP contribution in [0.15, 0.2) is 35.5 Å². The molecule has 22 heavy (non-hydrogen) atoms. The molecule has 7 heteroatoms. The van der Waals surface area contributed by atoms with E-state index in [1.807, 2.05) is 12.1 Å². The van der Waals surface area contributed by atoms with E-state index in [1.165, 1.54) is 0 Å². The molecule has 118 valence electrons. The van der Waals surface area contributed by atoms with Crippen molar-refractivity contribution in [1.29, 1.82) is 0 Å². The Morgan fingerprint density at radius 3 is 2.64 bits per heavy atom. The van der Waals surface area contributed by atoms with Gasteiger partial charge in [-0.2, -0.15) is 0 Å². The number of nitrogens with one attached hydrogen (secondary N) is 2. The van der Waals surface area contributed by atoms with Crippen molar-refractivity contribution in [1.82, 2.24) is 10.6 Å². The number of esters is 1. The third kappa shape index (κ3) is 3.97. The van der Waals surface area contributed by atoms with E-state index >= 15 is 0 Å². The topological polar surface area (TPSA) is 59.6 Å². The van der Waals surface area contributed by atoms with Crippen molar-refractivity contribution in [2.24, 2.45) is 0 Å². The summed E-state index contributed by atoms with van der Waals surface area (Å²) in [4.78, 5) is 12.4. The van der Waals surface area contributed by atoms with Crippen LogP contribution in [-0.4, -0.2) is 31.4 Å². The first-order chi connectivity index (χ1) is 10.5. The van der Waals surface area contributed by atoms with E-state index in [9.17, 15) is 4.79 Å². The second-order valence-electron chi connectivity index (χ2n) is 4.75. The molecule has 0 saturated heterocycles. The van der Waals surface area contributed by atoms with Crippen LogP contribution in [-0.2, 0) is 14.3 Å². The number of rotatable bonds is 5. The molecule has 0 radical (unpaired) electrons. The Morgan fingerprint density at radius 2 is 2.00 bits per heavy atom.